The van der Waals surface area contributed by atoms with Crippen molar-refractivity contribution >= 4 is 40.7 Å². The molecule has 0 saturated carbocycles. The molecule has 8 nitrogen and oxygen atoms in total. The first kappa shape index (κ1) is 22.9. The van der Waals surface area contributed by atoms with Gasteiger partial charge in [-0.3, -0.25) is 19.2 Å². The molecule has 0 radical (unpaired) electrons. The number of amides is 3. The lowest BCUT2D eigenvalue weighted by molar-refractivity contribution is -0.148. The van der Waals surface area contributed by atoms with E-state index in [-0.39, 0.29) is 18.9 Å². The summed E-state index contributed by atoms with van der Waals surface area (Å²) in [4.78, 5) is 47.0. The van der Waals surface area contributed by atoms with Gasteiger partial charge in [0.25, 0.3) is 11.8 Å². The van der Waals surface area contributed by atoms with Gasteiger partial charge in [0, 0.05) is 6.54 Å². The zero-order chi connectivity index (χ0) is 22.1. The molecule has 1 aromatic heterocycles. The first-order valence-corrected chi connectivity index (χ1v) is 9.33. The third kappa shape index (κ3) is 6.88. The van der Waals surface area contributed by atoms with Gasteiger partial charge in [0.2, 0.25) is 5.91 Å². The first-order chi connectivity index (χ1) is 14.3. The Labute approximate surface area is 172 Å². The molecule has 0 aliphatic carbocycles. The second-order valence-electron chi connectivity index (χ2n) is 5.69. The molecule has 160 valence electrons. The molecule has 3 N–H and O–H groups in total. The normalized spacial score (nSPS) is 10.2. The van der Waals surface area contributed by atoms with Crippen molar-refractivity contribution in [3.8, 4) is 0 Å². The molecule has 3 amide bonds. The lowest BCUT2D eigenvalue weighted by atomic mass is 10.2. The van der Waals surface area contributed by atoms with E-state index in [9.17, 15) is 32.3 Å². The van der Waals surface area contributed by atoms with Gasteiger partial charge in [0.15, 0.2) is 24.1 Å². The molecule has 30 heavy (non-hydrogen) atoms. The topological polar surface area (TPSA) is 114 Å². The highest BCUT2D eigenvalue weighted by atomic mass is 32.1. The van der Waals surface area contributed by atoms with E-state index in [1.165, 1.54) is 11.3 Å². The second kappa shape index (κ2) is 11.0. The van der Waals surface area contributed by atoms with E-state index < -0.39 is 54.1 Å². The number of carbonyl (C=O) groups is 4. The second-order valence-corrected chi connectivity index (χ2v) is 6.64. The molecule has 2 aromatic rings. The number of hydrogen-bond donors (Lipinski definition) is 3. The van der Waals surface area contributed by atoms with Gasteiger partial charge in [-0.2, -0.15) is 0 Å². The highest BCUT2D eigenvalue weighted by Crippen LogP contribution is 2.19. The number of hydrogen-bond acceptors (Lipinski definition) is 6. The van der Waals surface area contributed by atoms with Crippen LogP contribution in [0.5, 0.6) is 0 Å². The fourth-order valence-electron chi connectivity index (χ4n) is 2.04. The molecule has 1 aromatic carbocycles. The number of anilines is 1. The maximum Gasteiger partial charge on any atom is 0.308 e. The Bertz CT molecular complexity index is 937. The summed E-state index contributed by atoms with van der Waals surface area (Å²) in [5.41, 5.74) is -0.593. The van der Waals surface area contributed by atoms with Gasteiger partial charge in [0.05, 0.1) is 23.5 Å². The average molecular weight is 443 g/mol. The molecule has 0 fully saturated rings. The summed E-state index contributed by atoms with van der Waals surface area (Å²) in [6, 6.07) is 4.79. The van der Waals surface area contributed by atoms with E-state index in [4.69, 9.17) is 4.74 Å². The Kier molecular flexibility index (Phi) is 8.35. The third-order valence-electron chi connectivity index (χ3n) is 3.48. The molecule has 0 saturated heterocycles. The minimum atomic E-state index is -1.74. The first-order valence-electron chi connectivity index (χ1n) is 8.45. The fourth-order valence-corrected chi connectivity index (χ4v) is 2.68. The number of thiophene rings is 1. The van der Waals surface area contributed by atoms with E-state index in [2.05, 4.69) is 10.6 Å². The monoisotopic (exact) mass is 443 g/mol. The van der Waals surface area contributed by atoms with Gasteiger partial charge in [-0.25, -0.2) is 13.2 Å². The largest absolute Gasteiger partial charge is 0.456 e. The summed E-state index contributed by atoms with van der Waals surface area (Å²) >= 11 is 1.24. The maximum absolute atomic E-state index is 13.5. The number of nitrogens with one attached hydrogen (secondary N) is 3. The summed E-state index contributed by atoms with van der Waals surface area (Å²) in [6.07, 6.45) is -0.166. The van der Waals surface area contributed by atoms with E-state index in [1.54, 1.807) is 17.5 Å². The van der Waals surface area contributed by atoms with Crippen molar-refractivity contribution in [2.24, 2.45) is 0 Å². The highest BCUT2D eigenvalue weighted by Gasteiger charge is 2.16. The Morgan fingerprint density at radius 2 is 1.73 bits per heavy atom. The van der Waals surface area contributed by atoms with Gasteiger partial charge >= 0.3 is 5.97 Å². The van der Waals surface area contributed by atoms with Gasteiger partial charge in [0.1, 0.15) is 0 Å². The zero-order valence-electron chi connectivity index (χ0n) is 15.3. The van der Waals surface area contributed by atoms with Gasteiger partial charge < -0.3 is 20.7 Å². The quantitative estimate of drug-likeness (QED) is 0.402. The molecular weight excluding hydrogens is 427 g/mol. The predicted octanol–water partition coefficient (Wildman–Crippen LogP) is 1.58. The summed E-state index contributed by atoms with van der Waals surface area (Å²) in [6.45, 7) is -1.28. The summed E-state index contributed by atoms with van der Waals surface area (Å²) < 4.78 is 44.1. The van der Waals surface area contributed by atoms with Gasteiger partial charge in [-0.1, -0.05) is 6.07 Å². The Balaban J connectivity index is 1.63. The molecule has 1 heterocycles. The molecule has 2 rings (SSSR count). The summed E-state index contributed by atoms with van der Waals surface area (Å²) in [7, 11) is 0. The highest BCUT2D eigenvalue weighted by molar-refractivity contribution is 7.12. The molecule has 0 aliphatic heterocycles. The van der Waals surface area contributed by atoms with Crippen molar-refractivity contribution in [3.05, 3.63) is 52.0 Å². The van der Waals surface area contributed by atoms with Crippen molar-refractivity contribution in [1.82, 2.24) is 10.6 Å². The zero-order valence-corrected chi connectivity index (χ0v) is 16.1. The van der Waals surface area contributed by atoms with Gasteiger partial charge in [-0.05, 0) is 23.6 Å². The lowest BCUT2D eigenvalue weighted by Crippen LogP contribution is -2.36. The number of rotatable bonds is 9. The van der Waals surface area contributed by atoms with Crippen LogP contribution in [0.15, 0.2) is 29.6 Å². The average Bonchev–Trinajstić information content (AvgIpc) is 3.26. The van der Waals surface area contributed by atoms with Crippen LogP contribution in [0.4, 0.5) is 18.9 Å². The van der Waals surface area contributed by atoms with Crippen molar-refractivity contribution < 1.29 is 37.1 Å². The van der Waals surface area contributed by atoms with Crippen LogP contribution < -0.4 is 16.0 Å². The lowest BCUT2D eigenvalue weighted by Gasteiger charge is -2.09. The predicted molar refractivity (Wildman–Crippen MR) is 100 cm³/mol. The molecular formula is C18H16F3N3O5S. The SMILES string of the molecule is O=C(COC(=O)CCNC(=O)c1cccs1)NCC(=O)Nc1ccc(F)c(F)c1F. The van der Waals surface area contributed by atoms with E-state index in [0.29, 0.717) is 10.9 Å². The fraction of sp³-hybridized carbons (Fsp3) is 0.222. The summed E-state index contributed by atoms with van der Waals surface area (Å²) in [5.74, 6) is -7.52. The number of halogens is 3. The number of ether oxygens (including phenoxy) is 1. The van der Waals surface area contributed by atoms with E-state index >= 15 is 0 Å². The van der Waals surface area contributed by atoms with Crippen LogP contribution in [0.25, 0.3) is 0 Å². The maximum atomic E-state index is 13.5. The number of benzene rings is 1. The Morgan fingerprint density at radius 3 is 2.43 bits per heavy atom. The van der Waals surface area contributed by atoms with Crippen LogP contribution in [-0.4, -0.2) is 43.4 Å². The number of esters is 1. The van der Waals surface area contributed by atoms with Crippen LogP contribution in [0.3, 0.4) is 0 Å². The molecule has 0 spiro atoms. The third-order valence-corrected chi connectivity index (χ3v) is 4.35. The Morgan fingerprint density at radius 1 is 0.967 bits per heavy atom. The van der Waals surface area contributed by atoms with Crippen molar-refractivity contribution in [3.63, 3.8) is 0 Å². The van der Waals surface area contributed by atoms with Crippen LogP contribution in [0.2, 0.25) is 0 Å². The van der Waals surface area contributed by atoms with Crippen LogP contribution in [0, 0.1) is 17.5 Å². The van der Waals surface area contributed by atoms with Crippen LogP contribution in [0.1, 0.15) is 16.1 Å². The smallest absolute Gasteiger partial charge is 0.308 e. The molecule has 12 heteroatoms. The van der Waals surface area contributed by atoms with Crippen molar-refractivity contribution in [1.29, 1.82) is 0 Å². The van der Waals surface area contributed by atoms with Crippen LogP contribution in [-0.2, 0) is 19.1 Å². The van der Waals surface area contributed by atoms with Crippen LogP contribution >= 0.6 is 11.3 Å². The minimum absolute atomic E-state index is 0.0133. The van der Waals surface area contributed by atoms with Crippen molar-refractivity contribution in [2.75, 3.05) is 25.0 Å². The van der Waals surface area contributed by atoms with Gasteiger partial charge in [-0.15, -0.1) is 11.3 Å². The molecule has 0 atom stereocenters. The van der Waals surface area contributed by atoms with E-state index in [0.717, 1.165) is 6.07 Å². The minimum Gasteiger partial charge on any atom is -0.456 e. The van der Waals surface area contributed by atoms with Crippen molar-refractivity contribution in [2.45, 2.75) is 6.42 Å². The molecule has 0 bridgehead atoms. The molecule has 0 unspecified atom stereocenters. The summed E-state index contributed by atoms with van der Waals surface area (Å²) in [5, 5.41) is 8.32. The Hall–Kier alpha value is -3.41. The standard InChI is InChI=1S/C18H16F3N3O5S/c19-10-3-4-11(17(21)16(10)20)24-13(25)8-23-14(26)9-29-15(27)5-6-22-18(28)12-2-1-7-30-12/h1-4,7H,5-6,8-9H2,(H,22,28)(H,23,26)(H,24,25). The number of carbonyl (C=O) groups excluding carboxylic acids is 4. The van der Waals surface area contributed by atoms with E-state index in [1.807, 2.05) is 5.32 Å². The molecule has 0 aliphatic rings.